The number of benzene rings is 2. The second-order valence-electron chi connectivity index (χ2n) is 11.5. The maximum atomic E-state index is 13.4. The van der Waals surface area contributed by atoms with Crippen molar-refractivity contribution in [2.75, 3.05) is 25.5 Å². The van der Waals surface area contributed by atoms with Crippen LogP contribution in [0.4, 0.5) is 5.69 Å². The summed E-state index contributed by atoms with van der Waals surface area (Å²) < 4.78 is 0. The first-order chi connectivity index (χ1) is 20.3. The van der Waals surface area contributed by atoms with Crippen LogP contribution in [0.25, 0.3) is 11.0 Å². The number of hydrogen-bond acceptors (Lipinski definition) is 5. The summed E-state index contributed by atoms with van der Waals surface area (Å²) in [7, 11) is 1.78. The molecule has 1 aliphatic rings. The van der Waals surface area contributed by atoms with E-state index in [0.29, 0.717) is 38.2 Å². The van der Waals surface area contributed by atoms with Gasteiger partial charge in [-0.2, -0.15) is 0 Å². The van der Waals surface area contributed by atoms with Crippen LogP contribution >= 0.6 is 0 Å². The Morgan fingerprint density at radius 3 is 2.67 bits per heavy atom. The second-order valence-corrected chi connectivity index (χ2v) is 11.5. The molecule has 0 radical (unpaired) electrons. The minimum atomic E-state index is -0.288. The molecule has 2 aromatic carbocycles. The van der Waals surface area contributed by atoms with Crippen molar-refractivity contribution in [1.29, 1.82) is 0 Å². The fourth-order valence-corrected chi connectivity index (χ4v) is 5.55. The lowest BCUT2D eigenvalue weighted by Gasteiger charge is -2.24. The summed E-state index contributed by atoms with van der Waals surface area (Å²) in [5, 5.41) is 6.46. The number of nitrogens with one attached hydrogen (secondary N) is 3. The van der Waals surface area contributed by atoms with Crippen LogP contribution in [-0.2, 0) is 22.7 Å². The van der Waals surface area contributed by atoms with Gasteiger partial charge >= 0.3 is 0 Å². The van der Waals surface area contributed by atoms with Gasteiger partial charge in [-0.1, -0.05) is 52.2 Å². The topological polar surface area (TPSA) is 110 Å². The van der Waals surface area contributed by atoms with Crippen molar-refractivity contribution >= 4 is 34.4 Å². The third-order valence-electron chi connectivity index (χ3n) is 8.06. The molecule has 0 saturated carbocycles. The molecule has 4 rings (SSSR count). The molecule has 3 amide bonds. The van der Waals surface area contributed by atoms with E-state index in [4.69, 9.17) is 0 Å². The Kier molecular flexibility index (Phi) is 11.0. The standard InChI is InChI=1S/C33H46N6O3/c1-5-13-23(3)31(40)34-18-11-7-8-12-19-39-21-25-20-24(16-17-27(25)35-26(6-2)33(39)42)32(41)38(4)22-30-36-28-14-9-10-15-29(28)37-30/h9-10,14-17,20,23,26,35H,5-8,11-13,18-19,21-22H2,1-4H3,(H,34,40)(H,36,37)/t23-,26+/m1/s1. The number of unbranched alkanes of at least 4 members (excludes halogenated alkanes) is 3. The van der Waals surface area contributed by atoms with Crippen LogP contribution in [0.2, 0.25) is 0 Å². The summed E-state index contributed by atoms with van der Waals surface area (Å²) in [5.74, 6) is 0.950. The molecule has 3 aromatic rings. The van der Waals surface area contributed by atoms with Gasteiger partial charge < -0.3 is 25.4 Å². The zero-order valence-electron chi connectivity index (χ0n) is 25.5. The van der Waals surface area contributed by atoms with Gasteiger partial charge in [0.25, 0.3) is 5.91 Å². The van der Waals surface area contributed by atoms with E-state index in [9.17, 15) is 14.4 Å². The average molecular weight is 575 g/mol. The summed E-state index contributed by atoms with van der Waals surface area (Å²) in [6.45, 7) is 8.29. The summed E-state index contributed by atoms with van der Waals surface area (Å²) in [5.41, 5.74) is 4.27. The Morgan fingerprint density at radius 2 is 1.90 bits per heavy atom. The summed E-state index contributed by atoms with van der Waals surface area (Å²) >= 11 is 0. The molecule has 3 N–H and O–H groups in total. The van der Waals surface area contributed by atoms with Crippen LogP contribution in [0.15, 0.2) is 42.5 Å². The van der Waals surface area contributed by atoms with Gasteiger partial charge in [0.2, 0.25) is 11.8 Å². The molecule has 2 heterocycles. The van der Waals surface area contributed by atoms with E-state index in [-0.39, 0.29) is 29.7 Å². The van der Waals surface area contributed by atoms with Gasteiger partial charge in [0.15, 0.2) is 0 Å². The third kappa shape index (κ3) is 7.89. The molecule has 0 saturated heterocycles. The summed E-state index contributed by atoms with van der Waals surface area (Å²) in [6.07, 6.45) is 6.46. The van der Waals surface area contributed by atoms with E-state index in [0.717, 1.165) is 66.6 Å². The van der Waals surface area contributed by atoms with Gasteiger partial charge in [-0.05, 0) is 61.6 Å². The van der Waals surface area contributed by atoms with E-state index in [2.05, 4.69) is 27.5 Å². The van der Waals surface area contributed by atoms with Gasteiger partial charge in [0.05, 0.1) is 17.6 Å². The molecule has 9 heteroatoms. The molecule has 1 aliphatic heterocycles. The smallest absolute Gasteiger partial charge is 0.254 e. The van der Waals surface area contributed by atoms with Crippen molar-refractivity contribution in [3.05, 3.63) is 59.4 Å². The Balaban J connectivity index is 1.33. The minimum absolute atomic E-state index is 0.0693. The normalized spacial score (nSPS) is 15.6. The highest BCUT2D eigenvalue weighted by Gasteiger charge is 2.28. The number of aromatic amines is 1. The average Bonchev–Trinajstić information content (AvgIpc) is 3.34. The molecule has 0 fully saturated rings. The predicted octanol–water partition coefficient (Wildman–Crippen LogP) is 5.48. The molecule has 0 unspecified atom stereocenters. The van der Waals surface area contributed by atoms with Gasteiger partial charge in [0.1, 0.15) is 11.9 Å². The van der Waals surface area contributed by atoms with Crippen molar-refractivity contribution in [3.63, 3.8) is 0 Å². The summed E-state index contributed by atoms with van der Waals surface area (Å²) in [6, 6.07) is 13.2. The van der Waals surface area contributed by atoms with Crippen molar-refractivity contribution in [1.82, 2.24) is 25.1 Å². The number of hydrogen-bond donors (Lipinski definition) is 3. The molecule has 42 heavy (non-hydrogen) atoms. The van der Waals surface area contributed by atoms with E-state index in [1.807, 2.05) is 61.2 Å². The Bertz CT molecular complexity index is 1340. The van der Waals surface area contributed by atoms with Crippen LogP contribution in [0.1, 0.15) is 87.5 Å². The highest BCUT2D eigenvalue weighted by Crippen LogP contribution is 2.26. The second kappa shape index (κ2) is 14.8. The molecule has 0 spiro atoms. The molecule has 226 valence electrons. The third-order valence-corrected chi connectivity index (χ3v) is 8.06. The van der Waals surface area contributed by atoms with Gasteiger partial charge in [-0.15, -0.1) is 0 Å². The van der Waals surface area contributed by atoms with Crippen molar-refractivity contribution in [2.45, 2.75) is 84.8 Å². The van der Waals surface area contributed by atoms with Gasteiger partial charge in [0, 0.05) is 43.9 Å². The lowest BCUT2D eigenvalue weighted by atomic mass is 10.1. The number of para-hydroxylation sites is 2. The van der Waals surface area contributed by atoms with Crippen molar-refractivity contribution in [3.8, 4) is 0 Å². The van der Waals surface area contributed by atoms with Gasteiger partial charge in [-0.25, -0.2) is 4.98 Å². The van der Waals surface area contributed by atoms with Crippen molar-refractivity contribution < 1.29 is 14.4 Å². The number of carbonyl (C=O) groups is 3. The first-order valence-corrected chi connectivity index (χ1v) is 15.5. The number of aromatic nitrogens is 2. The fourth-order valence-electron chi connectivity index (χ4n) is 5.55. The maximum absolute atomic E-state index is 13.4. The Morgan fingerprint density at radius 1 is 1.12 bits per heavy atom. The zero-order chi connectivity index (χ0) is 30.1. The summed E-state index contributed by atoms with van der Waals surface area (Å²) in [4.78, 5) is 50.3. The van der Waals surface area contributed by atoms with E-state index >= 15 is 0 Å². The first kappa shape index (κ1) is 31.1. The Labute approximate surface area is 249 Å². The SMILES string of the molecule is CCC[C@@H](C)C(=O)NCCCCCCN1Cc2cc(C(=O)N(C)Cc3nc4ccccc4[nH]3)ccc2N[C@@H](CC)C1=O. The lowest BCUT2D eigenvalue weighted by Crippen LogP contribution is -2.40. The number of rotatable bonds is 14. The van der Waals surface area contributed by atoms with Crippen LogP contribution in [0.3, 0.4) is 0 Å². The number of fused-ring (bicyclic) bond motifs is 2. The number of H-pyrrole nitrogens is 1. The van der Waals surface area contributed by atoms with Crippen LogP contribution < -0.4 is 10.6 Å². The molecule has 9 nitrogen and oxygen atoms in total. The molecule has 0 aliphatic carbocycles. The lowest BCUT2D eigenvalue weighted by molar-refractivity contribution is -0.132. The minimum Gasteiger partial charge on any atom is -0.373 e. The van der Waals surface area contributed by atoms with Crippen molar-refractivity contribution in [2.24, 2.45) is 5.92 Å². The zero-order valence-corrected chi connectivity index (χ0v) is 25.5. The highest BCUT2D eigenvalue weighted by atomic mass is 16.2. The molecule has 0 bridgehead atoms. The highest BCUT2D eigenvalue weighted by molar-refractivity contribution is 5.95. The predicted molar refractivity (Wildman–Crippen MR) is 167 cm³/mol. The van der Waals surface area contributed by atoms with Crippen LogP contribution in [0.5, 0.6) is 0 Å². The quantitative estimate of drug-likeness (QED) is 0.221. The number of anilines is 1. The Hall–Kier alpha value is -3.88. The van der Waals surface area contributed by atoms with Crippen LogP contribution in [0, 0.1) is 5.92 Å². The largest absolute Gasteiger partial charge is 0.373 e. The van der Waals surface area contributed by atoms with E-state index in [1.165, 1.54) is 0 Å². The monoisotopic (exact) mass is 574 g/mol. The number of nitrogens with zero attached hydrogens (tertiary/aromatic N) is 3. The van der Waals surface area contributed by atoms with Gasteiger partial charge in [-0.3, -0.25) is 14.4 Å². The number of amides is 3. The van der Waals surface area contributed by atoms with E-state index < -0.39 is 0 Å². The molecule has 1 aromatic heterocycles. The molecular formula is C33H46N6O3. The fraction of sp³-hybridized carbons (Fsp3) is 0.515. The maximum Gasteiger partial charge on any atom is 0.254 e. The van der Waals surface area contributed by atoms with Crippen LogP contribution in [-0.4, -0.2) is 63.7 Å². The molecule has 2 atom stereocenters. The first-order valence-electron chi connectivity index (χ1n) is 15.5. The van der Waals surface area contributed by atoms with E-state index in [1.54, 1.807) is 11.9 Å². The number of imidazole rings is 1. The molecular weight excluding hydrogens is 528 g/mol. The number of carbonyl (C=O) groups excluding carboxylic acids is 3.